The van der Waals surface area contributed by atoms with Gasteiger partial charge >= 0.3 is 0 Å². The highest BCUT2D eigenvalue weighted by Crippen LogP contribution is 2.38. The Labute approximate surface area is 209 Å². The Morgan fingerprint density at radius 3 is 2.79 bits per heavy atom. The van der Waals surface area contributed by atoms with Gasteiger partial charge in [0.05, 0.1) is 33.7 Å². The first-order valence-electron chi connectivity index (χ1n) is 10.8. The van der Waals surface area contributed by atoms with Crippen molar-refractivity contribution in [3.05, 3.63) is 58.1 Å². The molecule has 0 saturated carbocycles. The summed E-state index contributed by atoms with van der Waals surface area (Å²) in [5, 5.41) is 15.4. The molecule has 3 aromatic heterocycles. The molecule has 34 heavy (non-hydrogen) atoms. The molecular weight excluding hydrogens is 547 g/mol. The van der Waals surface area contributed by atoms with Crippen LogP contribution >= 0.6 is 22.6 Å². The number of carbonyl (C=O) groups excluding carboxylic acids is 1. The predicted molar refractivity (Wildman–Crippen MR) is 132 cm³/mol. The molecule has 1 aromatic carbocycles. The fraction of sp³-hybridized carbons (Fsp3) is 0.292. The van der Waals surface area contributed by atoms with Crippen LogP contribution in [0.3, 0.4) is 0 Å². The number of pyridine rings is 1. The molecule has 4 aromatic rings. The number of amides is 1. The molecule has 1 amide bonds. The Balaban J connectivity index is 1.34. The fourth-order valence-corrected chi connectivity index (χ4v) is 4.96. The third-order valence-corrected chi connectivity index (χ3v) is 7.21. The summed E-state index contributed by atoms with van der Waals surface area (Å²) in [6.45, 7) is 1.02. The van der Waals surface area contributed by atoms with Gasteiger partial charge in [-0.3, -0.25) is 4.79 Å². The predicted octanol–water partition coefficient (Wildman–Crippen LogP) is 3.78. The number of likely N-dealkylation sites (tertiary alicyclic amines) is 1. The Morgan fingerprint density at radius 1 is 1.26 bits per heavy atom. The van der Waals surface area contributed by atoms with Crippen molar-refractivity contribution in [2.45, 2.75) is 24.8 Å². The SMILES string of the molecule is COc1cc(C2(C#N)CCN(C(=O)Cn3nc(-c4ncco4)c4cccnc43)CC2)ccc1I. The molecule has 0 atom stereocenters. The fourth-order valence-electron chi connectivity index (χ4n) is 4.41. The Hall–Kier alpha value is -3.46. The first-order chi connectivity index (χ1) is 16.5. The van der Waals surface area contributed by atoms with E-state index < -0.39 is 5.41 Å². The van der Waals surface area contributed by atoms with Crippen LogP contribution < -0.4 is 4.74 Å². The standard InChI is InChI=1S/C24H21IN6O3/c1-33-19-13-16(4-5-18(19)25)24(15-26)6-10-30(11-7-24)20(32)14-31-22-17(3-2-8-27-22)21(29-31)23-28-9-12-34-23/h2-5,8-9,12-13H,6-7,10-11,14H2,1H3. The maximum atomic E-state index is 13.2. The van der Waals surface area contributed by atoms with Crippen LogP contribution in [0.1, 0.15) is 18.4 Å². The summed E-state index contributed by atoms with van der Waals surface area (Å²) in [4.78, 5) is 23.6. The van der Waals surface area contributed by atoms with Crippen molar-refractivity contribution in [2.24, 2.45) is 0 Å². The van der Waals surface area contributed by atoms with Crippen molar-refractivity contribution in [3.8, 4) is 23.4 Å². The second kappa shape index (κ2) is 9.06. The Morgan fingerprint density at radius 2 is 2.09 bits per heavy atom. The van der Waals surface area contributed by atoms with Gasteiger partial charge in [0.2, 0.25) is 11.8 Å². The van der Waals surface area contributed by atoms with Gasteiger partial charge in [0.1, 0.15) is 18.6 Å². The number of fused-ring (bicyclic) bond motifs is 1. The van der Waals surface area contributed by atoms with Crippen molar-refractivity contribution >= 4 is 39.5 Å². The minimum absolute atomic E-state index is 0.0468. The van der Waals surface area contributed by atoms with Gasteiger partial charge in [0, 0.05) is 19.3 Å². The number of hydrogen-bond acceptors (Lipinski definition) is 7. The van der Waals surface area contributed by atoms with Crippen molar-refractivity contribution in [2.75, 3.05) is 20.2 Å². The maximum Gasteiger partial charge on any atom is 0.247 e. The molecule has 172 valence electrons. The van der Waals surface area contributed by atoms with Gasteiger partial charge < -0.3 is 14.1 Å². The van der Waals surface area contributed by atoms with Crippen molar-refractivity contribution in [1.82, 2.24) is 24.6 Å². The number of piperidine rings is 1. The van der Waals surface area contributed by atoms with E-state index in [9.17, 15) is 10.1 Å². The average Bonchev–Trinajstić information content (AvgIpc) is 3.53. The van der Waals surface area contributed by atoms with E-state index in [-0.39, 0.29) is 12.5 Å². The van der Waals surface area contributed by atoms with Crippen LogP contribution in [0.2, 0.25) is 0 Å². The molecule has 0 spiro atoms. The molecule has 4 heterocycles. The van der Waals surface area contributed by atoms with Crippen molar-refractivity contribution in [3.63, 3.8) is 0 Å². The van der Waals surface area contributed by atoms with Gasteiger partial charge in [-0.05, 0) is 65.3 Å². The molecule has 0 unspecified atom stereocenters. The molecule has 5 rings (SSSR count). The van der Waals surface area contributed by atoms with Crippen LogP contribution in [0.4, 0.5) is 0 Å². The minimum atomic E-state index is -0.646. The highest BCUT2D eigenvalue weighted by atomic mass is 127. The summed E-state index contributed by atoms with van der Waals surface area (Å²) in [5.74, 6) is 1.07. The summed E-state index contributed by atoms with van der Waals surface area (Å²) >= 11 is 2.21. The number of aromatic nitrogens is 4. The molecule has 1 aliphatic heterocycles. The topological polar surface area (TPSA) is 110 Å². The van der Waals surface area contributed by atoms with Crippen molar-refractivity contribution in [1.29, 1.82) is 5.26 Å². The zero-order valence-electron chi connectivity index (χ0n) is 18.4. The number of nitrogens with zero attached hydrogens (tertiary/aromatic N) is 6. The first kappa shape index (κ1) is 22.3. The third-order valence-electron chi connectivity index (χ3n) is 6.31. The number of ether oxygens (including phenoxy) is 1. The van der Waals surface area contributed by atoms with E-state index >= 15 is 0 Å². The second-order valence-electron chi connectivity index (χ2n) is 8.14. The van der Waals surface area contributed by atoms with E-state index in [0.717, 1.165) is 20.3 Å². The maximum absolute atomic E-state index is 13.2. The Bertz CT molecular complexity index is 1380. The van der Waals surface area contributed by atoms with E-state index in [0.29, 0.717) is 43.2 Å². The lowest BCUT2D eigenvalue weighted by molar-refractivity contribution is -0.133. The van der Waals surface area contributed by atoms with E-state index in [4.69, 9.17) is 9.15 Å². The van der Waals surface area contributed by atoms with E-state index in [2.05, 4.69) is 43.7 Å². The van der Waals surface area contributed by atoms with Crippen molar-refractivity contribution < 1.29 is 13.9 Å². The number of nitriles is 1. The van der Waals surface area contributed by atoms with Crippen LogP contribution in [0.15, 0.2) is 53.4 Å². The molecular formula is C24H21IN6O3. The largest absolute Gasteiger partial charge is 0.496 e. The first-order valence-corrected chi connectivity index (χ1v) is 11.9. The lowest BCUT2D eigenvalue weighted by Crippen LogP contribution is -2.45. The molecule has 0 N–H and O–H groups in total. The molecule has 0 aliphatic carbocycles. The summed E-state index contributed by atoms with van der Waals surface area (Å²) < 4.78 is 13.4. The summed E-state index contributed by atoms with van der Waals surface area (Å²) in [6, 6.07) is 12.1. The van der Waals surface area contributed by atoms with Crippen LogP contribution in [0.25, 0.3) is 22.6 Å². The van der Waals surface area contributed by atoms with Crippen LogP contribution in [-0.2, 0) is 16.8 Å². The third kappa shape index (κ3) is 3.90. The molecule has 0 radical (unpaired) electrons. The smallest absolute Gasteiger partial charge is 0.247 e. The Kier molecular flexibility index (Phi) is 5.95. The van der Waals surface area contributed by atoms with Gasteiger partial charge in [-0.25, -0.2) is 14.6 Å². The zero-order chi connectivity index (χ0) is 23.7. The monoisotopic (exact) mass is 568 g/mol. The summed E-state index contributed by atoms with van der Waals surface area (Å²) in [7, 11) is 1.63. The second-order valence-corrected chi connectivity index (χ2v) is 9.30. The number of rotatable bonds is 5. The molecule has 1 saturated heterocycles. The van der Waals surface area contributed by atoms with Gasteiger partial charge in [-0.15, -0.1) is 0 Å². The molecule has 0 bridgehead atoms. The number of hydrogen-bond donors (Lipinski definition) is 0. The molecule has 1 fully saturated rings. The molecule has 10 heteroatoms. The number of benzene rings is 1. The lowest BCUT2D eigenvalue weighted by atomic mass is 9.74. The molecule has 9 nitrogen and oxygen atoms in total. The highest BCUT2D eigenvalue weighted by molar-refractivity contribution is 14.1. The number of oxazole rings is 1. The van der Waals surface area contributed by atoms with Gasteiger partial charge in [0.25, 0.3) is 0 Å². The van der Waals surface area contributed by atoms with Gasteiger partial charge in [-0.1, -0.05) is 6.07 Å². The average molecular weight is 568 g/mol. The molecule has 1 aliphatic rings. The normalized spacial score (nSPS) is 15.3. The van der Waals surface area contributed by atoms with Crippen LogP contribution in [-0.4, -0.2) is 50.8 Å². The lowest BCUT2D eigenvalue weighted by Gasteiger charge is -2.37. The highest BCUT2D eigenvalue weighted by Gasteiger charge is 2.38. The summed E-state index contributed by atoms with van der Waals surface area (Å²) in [5.41, 5.74) is 1.43. The van der Waals surface area contributed by atoms with E-state index in [1.165, 1.54) is 6.26 Å². The van der Waals surface area contributed by atoms with Gasteiger partial charge in [-0.2, -0.15) is 10.4 Å². The minimum Gasteiger partial charge on any atom is -0.496 e. The van der Waals surface area contributed by atoms with E-state index in [1.54, 1.807) is 29.1 Å². The quantitative estimate of drug-likeness (QED) is 0.337. The van der Waals surface area contributed by atoms with Crippen LogP contribution in [0.5, 0.6) is 5.75 Å². The number of carbonyl (C=O) groups is 1. The number of methoxy groups -OCH3 is 1. The van der Waals surface area contributed by atoms with Crippen LogP contribution in [0, 0.1) is 14.9 Å². The zero-order valence-corrected chi connectivity index (χ0v) is 20.6. The van der Waals surface area contributed by atoms with Gasteiger partial charge in [0.15, 0.2) is 11.3 Å². The summed E-state index contributed by atoms with van der Waals surface area (Å²) in [6.07, 6.45) is 5.82. The number of halogens is 1. The van der Waals surface area contributed by atoms with E-state index in [1.807, 2.05) is 30.3 Å².